The van der Waals surface area contributed by atoms with Crippen LogP contribution in [-0.4, -0.2) is 4.92 Å². The van der Waals surface area contributed by atoms with Crippen LogP contribution in [0, 0.1) is 17.0 Å². The van der Waals surface area contributed by atoms with Crippen LogP contribution in [0.25, 0.3) is 21.9 Å². The van der Waals surface area contributed by atoms with Crippen molar-refractivity contribution in [1.82, 2.24) is 0 Å². The standard InChI is InChI=1S/C17H13NO2/c1-12-5-6-15-10-16(8-7-14(15)9-12)13-3-2-4-17(11-13)18(19)20/h2-11H,1H3. The van der Waals surface area contributed by atoms with E-state index in [-0.39, 0.29) is 10.6 Å². The van der Waals surface area contributed by atoms with Crippen LogP contribution in [0.3, 0.4) is 0 Å². The van der Waals surface area contributed by atoms with Crippen LogP contribution in [0.15, 0.2) is 60.7 Å². The van der Waals surface area contributed by atoms with Crippen LogP contribution in [-0.2, 0) is 0 Å². The van der Waals surface area contributed by atoms with Gasteiger partial charge in [-0.05, 0) is 34.9 Å². The van der Waals surface area contributed by atoms with Crippen LogP contribution in [0.4, 0.5) is 5.69 Å². The molecule has 0 radical (unpaired) electrons. The first-order valence-corrected chi connectivity index (χ1v) is 6.39. The Balaban J connectivity index is 2.12. The monoisotopic (exact) mass is 263 g/mol. The third-order valence-electron chi connectivity index (χ3n) is 3.39. The van der Waals surface area contributed by atoms with E-state index in [0.717, 1.165) is 16.5 Å². The number of hydrogen-bond donors (Lipinski definition) is 0. The van der Waals surface area contributed by atoms with E-state index in [4.69, 9.17) is 0 Å². The van der Waals surface area contributed by atoms with Crippen molar-refractivity contribution in [2.45, 2.75) is 6.92 Å². The van der Waals surface area contributed by atoms with E-state index in [2.05, 4.69) is 37.3 Å². The van der Waals surface area contributed by atoms with E-state index in [1.807, 2.05) is 12.1 Å². The van der Waals surface area contributed by atoms with Crippen LogP contribution in [0.5, 0.6) is 0 Å². The largest absolute Gasteiger partial charge is 0.270 e. The van der Waals surface area contributed by atoms with Gasteiger partial charge in [0.15, 0.2) is 0 Å². The molecule has 0 saturated heterocycles. The molecule has 3 rings (SSSR count). The summed E-state index contributed by atoms with van der Waals surface area (Å²) in [6, 6.07) is 19.1. The Morgan fingerprint density at radius 1 is 0.850 bits per heavy atom. The van der Waals surface area contributed by atoms with Gasteiger partial charge in [-0.1, -0.05) is 48.0 Å². The fraction of sp³-hybridized carbons (Fsp3) is 0.0588. The maximum Gasteiger partial charge on any atom is 0.270 e. The molecule has 0 unspecified atom stereocenters. The Morgan fingerprint density at radius 2 is 1.55 bits per heavy atom. The molecule has 0 saturated carbocycles. The molecule has 3 aromatic carbocycles. The molecule has 20 heavy (non-hydrogen) atoms. The van der Waals surface area contributed by atoms with E-state index in [1.165, 1.54) is 17.0 Å². The lowest BCUT2D eigenvalue weighted by molar-refractivity contribution is -0.384. The molecule has 0 fully saturated rings. The van der Waals surface area contributed by atoms with Crippen molar-refractivity contribution in [2.24, 2.45) is 0 Å². The summed E-state index contributed by atoms with van der Waals surface area (Å²) in [4.78, 5) is 10.5. The van der Waals surface area contributed by atoms with Gasteiger partial charge in [-0.3, -0.25) is 10.1 Å². The number of hydrogen-bond acceptors (Lipinski definition) is 2. The third-order valence-corrected chi connectivity index (χ3v) is 3.39. The highest BCUT2D eigenvalue weighted by atomic mass is 16.6. The number of nitro benzene ring substituents is 1. The van der Waals surface area contributed by atoms with Gasteiger partial charge in [0.25, 0.3) is 5.69 Å². The zero-order valence-corrected chi connectivity index (χ0v) is 11.0. The van der Waals surface area contributed by atoms with Gasteiger partial charge < -0.3 is 0 Å². The molecule has 0 spiro atoms. The first kappa shape index (κ1) is 12.4. The van der Waals surface area contributed by atoms with Crippen molar-refractivity contribution in [1.29, 1.82) is 0 Å². The molecule has 0 aliphatic rings. The van der Waals surface area contributed by atoms with E-state index in [1.54, 1.807) is 12.1 Å². The molecule has 0 aromatic heterocycles. The van der Waals surface area contributed by atoms with E-state index in [0.29, 0.717) is 0 Å². The Bertz CT molecular complexity index is 809. The second-order valence-electron chi connectivity index (χ2n) is 4.87. The molecule has 3 nitrogen and oxygen atoms in total. The van der Waals surface area contributed by atoms with Gasteiger partial charge in [0.05, 0.1) is 4.92 Å². The predicted octanol–water partition coefficient (Wildman–Crippen LogP) is 4.72. The van der Waals surface area contributed by atoms with Gasteiger partial charge in [0.2, 0.25) is 0 Å². The highest BCUT2D eigenvalue weighted by molar-refractivity contribution is 5.88. The number of rotatable bonds is 2. The van der Waals surface area contributed by atoms with Crippen molar-refractivity contribution in [3.63, 3.8) is 0 Å². The molecule has 3 heteroatoms. The summed E-state index contributed by atoms with van der Waals surface area (Å²) in [5.74, 6) is 0. The summed E-state index contributed by atoms with van der Waals surface area (Å²) < 4.78 is 0. The number of non-ortho nitro benzene ring substituents is 1. The van der Waals surface area contributed by atoms with Gasteiger partial charge in [0, 0.05) is 12.1 Å². The zero-order valence-electron chi connectivity index (χ0n) is 11.0. The Morgan fingerprint density at radius 3 is 2.35 bits per heavy atom. The van der Waals surface area contributed by atoms with Crippen molar-refractivity contribution in [3.05, 3.63) is 76.3 Å². The van der Waals surface area contributed by atoms with E-state index in [9.17, 15) is 10.1 Å². The fourth-order valence-electron chi connectivity index (χ4n) is 2.34. The van der Waals surface area contributed by atoms with Crippen LogP contribution >= 0.6 is 0 Å². The van der Waals surface area contributed by atoms with Crippen molar-refractivity contribution in [3.8, 4) is 11.1 Å². The molecule has 0 heterocycles. The van der Waals surface area contributed by atoms with Gasteiger partial charge in [-0.25, -0.2) is 0 Å². The average Bonchev–Trinajstić information content (AvgIpc) is 2.47. The van der Waals surface area contributed by atoms with Crippen LogP contribution in [0.1, 0.15) is 5.56 Å². The van der Waals surface area contributed by atoms with Gasteiger partial charge >= 0.3 is 0 Å². The predicted molar refractivity (Wildman–Crippen MR) is 80.8 cm³/mol. The zero-order chi connectivity index (χ0) is 14.1. The second kappa shape index (κ2) is 4.78. The summed E-state index contributed by atoms with van der Waals surface area (Å²) >= 11 is 0. The molecule has 0 atom stereocenters. The lowest BCUT2D eigenvalue weighted by Gasteiger charge is -2.05. The molecular weight excluding hydrogens is 250 g/mol. The minimum atomic E-state index is -0.367. The fourth-order valence-corrected chi connectivity index (χ4v) is 2.34. The number of aryl methyl sites for hydroxylation is 1. The first-order chi connectivity index (χ1) is 9.63. The molecule has 0 bridgehead atoms. The van der Waals surface area contributed by atoms with Gasteiger partial charge in [-0.2, -0.15) is 0 Å². The quantitative estimate of drug-likeness (QED) is 0.495. The van der Waals surface area contributed by atoms with E-state index >= 15 is 0 Å². The maximum atomic E-state index is 10.8. The molecule has 3 aromatic rings. The van der Waals surface area contributed by atoms with Crippen molar-refractivity contribution in [2.75, 3.05) is 0 Å². The summed E-state index contributed by atoms with van der Waals surface area (Å²) in [6.07, 6.45) is 0. The Kier molecular flexibility index (Phi) is 2.95. The maximum absolute atomic E-state index is 10.8. The smallest absolute Gasteiger partial charge is 0.258 e. The molecule has 98 valence electrons. The molecule has 0 aliphatic heterocycles. The Labute approximate surface area is 116 Å². The minimum Gasteiger partial charge on any atom is -0.258 e. The van der Waals surface area contributed by atoms with E-state index < -0.39 is 0 Å². The second-order valence-corrected chi connectivity index (χ2v) is 4.87. The normalized spacial score (nSPS) is 10.7. The number of benzene rings is 3. The lowest BCUT2D eigenvalue weighted by Crippen LogP contribution is -1.88. The highest BCUT2D eigenvalue weighted by Gasteiger charge is 2.07. The number of nitro groups is 1. The van der Waals surface area contributed by atoms with Gasteiger partial charge in [-0.15, -0.1) is 0 Å². The molecule has 0 amide bonds. The van der Waals surface area contributed by atoms with Crippen LogP contribution in [0.2, 0.25) is 0 Å². The molecule has 0 N–H and O–H groups in total. The summed E-state index contributed by atoms with van der Waals surface area (Å²) in [6.45, 7) is 2.06. The SMILES string of the molecule is Cc1ccc2cc(-c3cccc([N+](=O)[O-])c3)ccc2c1. The summed E-state index contributed by atoms with van der Waals surface area (Å²) in [5, 5.41) is 13.2. The highest BCUT2D eigenvalue weighted by Crippen LogP contribution is 2.27. The summed E-state index contributed by atoms with van der Waals surface area (Å²) in [7, 11) is 0. The molecular formula is C17H13NO2. The summed E-state index contributed by atoms with van der Waals surface area (Å²) in [5.41, 5.74) is 3.19. The minimum absolute atomic E-state index is 0.117. The first-order valence-electron chi connectivity index (χ1n) is 6.39. The topological polar surface area (TPSA) is 43.1 Å². The number of fused-ring (bicyclic) bond motifs is 1. The molecule has 0 aliphatic carbocycles. The average molecular weight is 263 g/mol. The lowest BCUT2D eigenvalue weighted by atomic mass is 10.00. The number of nitrogens with zero attached hydrogens (tertiary/aromatic N) is 1. The Hall–Kier alpha value is -2.68. The van der Waals surface area contributed by atoms with Gasteiger partial charge in [0.1, 0.15) is 0 Å². The third kappa shape index (κ3) is 2.26. The van der Waals surface area contributed by atoms with Crippen molar-refractivity contribution < 1.29 is 4.92 Å². The van der Waals surface area contributed by atoms with Crippen LogP contribution < -0.4 is 0 Å². The van der Waals surface area contributed by atoms with Crippen molar-refractivity contribution >= 4 is 16.5 Å².